The monoisotopic (exact) mass is 524 g/mol. The number of hydrogen-bond acceptors (Lipinski definition) is 7. The third-order valence-electron chi connectivity index (χ3n) is 5.41. The molecule has 4 rings (SSSR count). The van der Waals surface area contributed by atoms with Crippen molar-refractivity contribution in [2.75, 3.05) is 4.90 Å². The maximum atomic E-state index is 13.3. The van der Waals surface area contributed by atoms with E-state index in [-0.39, 0.29) is 16.9 Å². The number of pyridine rings is 1. The molecule has 0 spiro atoms. The SMILES string of the molecule is Cc1ccc(N2C(=O)C(=O)C(C(=O)c3ccc(C(F)(F)F)nc3)C2c2ccc(OC(F)(F)F)cc2)nn1. The lowest BCUT2D eigenvalue weighted by Gasteiger charge is -2.26. The Kier molecular flexibility index (Phi) is 6.44. The molecule has 2 unspecified atom stereocenters. The summed E-state index contributed by atoms with van der Waals surface area (Å²) in [6.07, 6.45) is -9.11. The first-order chi connectivity index (χ1) is 17.3. The smallest absolute Gasteiger partial charge is 0.406 e. The van der Waals surface area contributed by atoms with Crippen LogP contribution in [0.2, 0.25) is 0 Å². The van der Waals surface area contributed by atoms with Gasteiger partial charge in [0.15, 0.2) is 11.6 Å². The topological polar surface area (TPSA) is 102 Å². The second kappa shape index (κ2) is 9.26. The zero-order valence-corrected chi connectivity index (χ0v) is 18.5. The van der Waals surface area contributed by atoms with Crippen LogP contribution in [0.3, 0.4) is 0 Å². The summed E-state index contributed by atoms with van der Waals surface area (Å²) in [4.78, 5) is 43.4. The van der Waals surface area contributed by atoms with Gasteiger partial charge in [0, 0.05) is 11.8 Å². The van der Waals surface area contributed by atoms with E-state index in [0.29, 0.717) is 18.0 Å². The van der Waals surface area contributed by atoms with Gasteiger partial charge in [0.25, 0.3) is 5.91 Å². The normalized spacial score (nSPS) is 18.3. The number of amides is 1. The molecule has 0 saturated carbocycles. The molecule has 3 heterocycles. The summed E-state index contributed by atoms with van der Waals surface area (Å²) < 4.78 is 80.1. The number of Topliss-reactive ketones (excluding diaryl/α,β-unsaturated/α-hetero) is 2. The summed E-state index contributed by atoms with van der Waals surface area (Å²) in [7, 11) is 0. The first-order valence-corrected chi connectivity index (χ1v) is 10.4. The number of aryl methyl sites for hydroxylation is 1. The van der Waals surface area contributed by atoms with Gasteiger partial charge in [0.05, 0.1) is 11.7 Å². The number of benzene rings is 1. The Morgan fingerprint density at radius 1 is 0.919 bits per heavy atom. The number of carbonyl (C=O) groups is 3. The summed E-state index contributed by atoms with van der Waals surface area (Å²) in [5.74, 6) is -5.83. The lowest BCUT2D eigenvalue weighted by Crippen LogP contribution is -2.31. The number of rotatable bonds is 5. The van der Waals surface area contributed by atoms with Gasteiger partial charge in [0.2, 0.25) is 5.78 Å². The molecule has 1 aliphatic heterocycles. The van der Waals surface area contributed by atoms with Gasteiger partial charge >= 0.3 is 12.5 Å². The maximum absolute atomic E-state index is 13.3. The van der Waals surface area contributed by atoms with Crippen LogP contribution in [0.5, 0.6) is 5.75 Å². The van der Waals surface area contributed by atoms with Crippen molar-refractivity contribution in [3.63, 3.8) is 0 Å². The van der Waals surface area contributed by atoms with Gasteiger partial charge in [-0.2, -0.15) is 18.3 Å². The molecule has 14 heteroatoms. The van der Waals surface area contributed by atoms with Crippen LogP contribution in [-0.2, 0) is 15.8 Å². The molecule has 2 aromatic heterocycles. The summed E-state index contributed by atoms with van der Waals surface area (Å²) in [6, 6.07) is 6.91. The highest BCUT2D eigenvalue weighted by Crippen LogP contribution is 2.41. The molecule has 0 aliphatic carbocycles. The summed E-state index contributed by atoms with van der Waals surface area (Å²) in [5, 5.41) is 7.70. The van der Waals surface area contributed by atoms with Crippen molar-refractivity contribution in [1.82, 2.24) is 15.2 Å². The zero-order valence-electron chi connectivity index (χ0n) is 18.5. The van der Waals surface area contributed by atoms with Crippen molar-refractivity contribution in [3.05, 3.63) is 77.2 Å². The van der Waals surface area contributed by atoms with Crippen LogP contribution in [0.25, 0.3) is 0 Å². The summed E-state index contributed by atoms with van der Waals surface area (Å²) in [5.41, 5.74) is -1.12. The molecule has 3 aromatic rings. The number of ether oxygens (including phenoxy) is 1. The van der Waals surface area contributed by atoms with Crippen LogP contribution < -0.4 is 9.64 Å². The molecule has 0 N–H and O–H groups in total. The van der Waals surface area contributed by atoms with Crippen LogP contribution in [0.1, 0.15) is 33.4 Å². The number of halogens is 6. The van der Waals surface area contributed by atoms with E-state index >= 15 is 0 Å². The number of anilines is 1. The molecule has 1 aliphatic rings. The molecular weight excluding hydrogens is 510 g/mol. The lowest BCUT2D eigenvalue weighted by atomic mass is 9.86. The van der Waals surface area contributed by atoms with Crippen molar-refractivity contribution in [2.45, 2.75) is 25.5 Å². The minimum Gasteiger partial charge on any atom is -0.406 e. The van der Waals surface area contributed by atoms with Gasteiger partial charge in [-0.15, -0.1) is 18.3 Å². The van der Waals surface area contributed by atoms with Crippen LogP contribution in [0, 0.1) is 12.8 Å². The van der Waals surface area contributed by atoms with Gasteiger partial charge < -0.3 is 4.74 Å². The number of nitrogens with zero attached hydrogens (tertiary/aromatic N) is 4. The highest BCUT2D eigenvalue weighted by atomic mass is 19.4. The molecule has 2 atom stereocenters. The Morgan fingerprint density at radius 3 is 2.11 bits per heavy atom. The van der Waals surface area contributed by atoms with E-state index in [2.05, 4.69) is 19.9 Å². The minimum absolute atomic E-state index is 0.0642. The fraction of sp³-hybridized carbons (Fsp3) is 0.217. The van der Waals surface area contributed by atoms with E-state index in [4.69, 9.17) is 0 Å². The Labute approximate surface area is 203 Å². The Balaban J connectivity index is 1.78. The highest BCUT2D eigenvalue weighted by molar-refractivity contribution is 6.48. The number of ketones is 2. The molecule has 1 saturated heterocycles. The third-order valence-corrected chi connectivity index (χ3v) is 5.41. The van der Waals surface area contributed by atoms with Crippen LogP contribution >= 0.6 is 0 Å². The van der Waals surface area contributed by atoms with Crippen molar-refractivity contribution in [2.24, 2.45) is 5.92 Å². The van der Waals surface area contributed by atoms with Crippen molar-refractivity contribution < 1.29 is 45.5 Å². The number of aromatic nitrogens is 3. The van der Waals surface area contributed by atoms with Gasteiger partial charge in [-0.1, -0.05) is 12.1 Å². The second-order valence-corrected chi connectivity index (χ2v) is 7.91. The molecule has 1 amide bonds. The fourth-order valence-electron chi connectivity index (χ4n) is 3.79. The third kappa shape index (κ3) is 5.27. The summed E-state index contributed by atoms with van der Waals surface area (Å²) in [6.45, 7) is 1.61. The van der Waals surface area contributed by atoms with E-state index in [1.54, 1.807) is 6.92 Å². The standard InChI is InChI=1S/C23H14F6N4O4/c1-11-2-9-16(32-31-11)33-18(12-3-6-14(7-4-12)37-23(27,28)29)17(20(35)21(33)36)19(34)13-5-8-15(30-10-13)22(24,25)26/h2-10,17-18H,1H3. The molecule has 1 fully saturated rings. The minimum atomic E-state index is -4.97. The predicted molar refractivity (Wildman–Crippen MR) is 112 cm³/mol. The largest absolute Gasteiger partial charge is 0.573 e. The molecule has 37 heavy (non-hydrogen) atoms. The van der Waals surface area contributed by atoms with E-state index in [0.717, 1.165) is 35.2 Å². The number of carbonyl (C=O) groups excluding carboxylic acids is 3. The van der Waals surface area contributed by atoms with E-state index in [9.17, 15) is 40.7 Å². The van der Waals surface area contributed by atoms with Crippen molar-refractivity contribution in [1.29, 1.82) is 0 Å². The molecule has 192 valence electrons. The highest BCUT2D eigenvalue weighted by Gasteiger charge is 2.53. The van der Waals surface area contributed by atoms with Crippen LogP contribution in [0.15, 0.2) is 54.7 Å². The Bertz CT molecular complexity index is 1340. The molecular formula is C23H14F6N4O4. The van der Waals surface area contributed by atoms with E-state index in [1.807, 2.05) is 0 Å². The van der Waals surface area contributed by atoms with E-state index in [1.165, 1.54) is 12.1 Å². The fourth-order valence-corrected chi connectivity index (χ4v) is 3.79. The molecule has 1 aromatic carbocycles. The Morgan fingerprint density at radius 2 is 1.59 bits per heavy atom. The van der Waals surface area contributed by atoms with Gasteiger partial charge in [0.1, 0.15) is 17.4 Å². The number of hydrogen-bond donors (Lipinski definition) is 0. The maximum Gasteiger partial charge on any atom is 0.573 e. The first-order valence-electron chi connectivity index (χ1n) is 10.4. The van der Waals surface area contributed by atoms with E-state index < -0.39 is 53.4 Å². The first kappa shape index (κ1) is 25.7. The lowest BCUT2D eigenvalue weighted by molar-refractivity contribution is -0.274. The van der Waals surface area contributed by atoms with Gasteiger partial charge in [-0.3, -0.25) is 24.3 Å². The summed E-state index contributed by atoms with van der Waals surface area (Å²) >= 11 is 0. The second-order valence-electron chi connectivity index (χ2n) is 7.91. The average Bonchev–Trinajstić information content (AvgIpc) is 3.08. The molecule has 8 nitrogen and oxygen atoms in total. The van der Waals surface area contributed by atoms with Crippen molar-refractivity contribution in [3.8, 4) is 5.75 Å². The van der Waals surface area contributed by atoms with Crippen molar-refractivity contribution >= 4 is 23.3 Å². The van der Waals surface area contributed by atoms with Crippen LogP contribution in [-0.4, -0.2) is 39.0 Å². The Hall–Kier alpha value is -4.36. The van der Waals surface area contributed by atoms with Crippen LogP contribution in [0.4, 0.5) is 32.2 Å². The quantitative estimate of drug-likeness (QED) is 0.213. The zero-order chi connectivity index (χ0) is 27.1. The molecule has 0 radical (unpaired) electrons. The predicted octanol–water partition coefficient (Wildman–Crippen LogP) is 4.25. The molecule has 0 bridgehead atoms. The van der Waals surface area contributed by atoms with Gasteiger partial charge in [-0.25, -0.2) is 0 Å². The average molecular weight is 524 g/mol. The van der Waals surface area contributed by atoms with Gasteiger partial charge in [-0.05, 0) is 48.9 Å². The number of alkyl halides is 6.